The van der Waals surface area contributed by atoms with Gasteiger partial charge in [0.15, 0.2) is 5.79 Å². The number of rotatable bonds is 2. The van der Waals surface area contributed by atoms with Crippen molar-refractivity contribution < 1.29 is 22.7 Å². The predicted octanol–water partition coefficient (Wildman–Crippen LogP) is 1.38. The lowest BCUT2D eigenvalue weighted by atomic mass is 9.99. The highest BCUT2D eigenvalue weighted by Crippen LogP contribution is 2.33. The lowest BCUT2D eigenvalue weighted by Gasteiger charge is -2.37. The quantitative estimate of drug-likeness (QED) is 0.775. The van der Waals surface area contributed by atoms with Gasteiger partial charge in [-0.1, -0.05) is 0 Å². The minimum Gasteiger partial charge on any atom is -0.347 e. The number of likely N-dealkylation sites (tertiary alicyclic amines) is 1. The summed E-state index contributed by atoms with van der Waals surface area (Å²) in [6, 6.07) is 5.34. The van der Waals surface area contributed by atoms with Crippen LogP contribution in [-0.2, 0) is 25.9 Å². The SMILES string of the molecule is CS(=O)(=O)N1CCCc2cc(C(=O)N3CCC4(CC3)OCCO4)ccc21. The van der Waals surface area contributed by atoms with Crippen LogP contribution in [0.2, 0.25) is 0 Å². The molecule has 0 aliphatic carbocycles. The summed E-state index contributed by atoms with van der Waals surface area (Å²) in [7, 11) is -3.30. The number of nitrogens with zero attached hydrogens (tertiary/aromatic N) is 2. The summed E-state index contributed by atoms with van der Waals surface area (Å²) in [5.74, 6) is -0.514. The maximum Gasteiger partial charge on any atom is 0.253 e. The molecule has 0 N–H and O–H groups in total. The molecule has 0 radical (unpaired) electrons. The zero-order valence-electron chi connectivity index (χ0n) is 14.9. The highest BCUT2D eigenvalue weighted by Gasteiger charge is 2.41. The van der Waals surface area contributed by atoms with Gasteiger partial charge >= 0.3 is 0 Å². The number of anilines is 1. The second-order valence-electron chi connectivity index (χ2n) is 7.18. The number of amides is 1. The van der Waals surface area contributed by atoms with Gasteiger partial charge in [0.05, 0.1) is 25.2 Å². The largest absolute Gasteiger partial charge is 0.347 e. The fourth-order valence-electron chi connectivity index (χ4n) is 4.06. The molecule has 3 aliphatic heterocycles. The third-order valence-electron chi connectivity index (χ3n) is 5.43. The number of fused-ring (bicyclic) bond motifs is 1. The number of benzene rings is 1. The van der Waals surface area contributed by atoms with E-state index in [4.69, 9.17) is 9.47 Å². The normalized spacial score (nSPS) is 22.5. The van der Waals surface area contributed by atoms with Gasteiger partial charge < -0.3 is 14.4 Å². The van der Waals surface area contributed by atoms with E-state index in [-0.39, 0.29) is 5.91 Å². The Balaban J connectivity index is 1.51. The second kappa shape index (κ2) is 6.51. The Hall–Kier alpha value is -1.64. The van der Waals surface area contributed by atoms with Gasteiger partial charge in [0.2, 0.25) is 10.0 Å². The molecule has 1 spiro atoms. The van der Waals surface area contributed by atoms with Crippen LogP contribution in [0.3, 0.4) is 0 Å². The molecule has 2 fully saturated rings. The lowest BCUT2D eigenvalue weighted by molar-refractivity contribution is -0.181. The summed E-state index contributed by atoms with van der Waals surface area (Å²) in [5, 5.41) is 0. The van der Waals surface area contributed by atoms with E-state index in [0.717, 1.165) is 18.4 Å². The number of ether oxygens (including phenoxy) is 2. The second-order valence-corrected chi connectivity index (χ2v) is 9.09. The summed E-state index contributed by atoms with van der Waals surface area (Å²) >= 11 is 0. The molecule has 3 heterocycles. The molecule has 0 aromatic heterocycles. The van der Waals surface area contributed by atoms with Crippen LogP contribution in [0.1, 0.15) is 35.2 Å². The van der Waals surface area contributed by atoms with Crippen molar-refractivity contribution in [3.05, 3.63) is 29.3 Å². The number of aryl methyl sites for hydroxylation is 1. The zero-order valence-corrected chi connectivity index (χ0v) is 15.8. The monoisotopic (exact) mass is 380 g/mol. The van der Waals surface area contributed by atoms with Crippen LogP contribution in [0.5, 0.6) is 0 Å². The Morgan fingerprint density at radius 2 is 1.81 bits per heavy atom. The van der Waals surface area contributed by atoms with E-state index < -0.39 is 15.8 Å². The first-order valence-electron chi connectivity index (χ1n) is 9.06. The smallest absolute Gasteiger partial charge is 0.253 e. The number of hydrogen-bond acceptors (Lipinski definition) is 5. The lowest BCUT2D eigenvalue weighted by Crippen LogP contribution is -2.47. The maximum absolute atomic E-state index is 12.9. The fourth-order valence-corrected chi connectivity index (χ4v) is 5.06. The van der Waals surface area contributed by atoms with Crippen LogP contribution in [-0.4, -0.2) is 64.1 Å². The van der Waals surface area contributed by atoms with Gasteiger partial charge in [-0.2, -0.15) is 0 Å². The van der Waals surface area contributed by atoms with E-state index in [1.165, 1.54) is 10.6 Å². The van der Waals surface area contributed by atoms with E-state index in [2.05, 4.69) is 0 Å². The molecule has 2 saturated heterocycles. The van der Waals surface area contributed by atoms with Gasteiger partial charge in [-0.15, -0.1) is 0 Å². The molecule has 0 atom stereocenters. The zero-order chi connectivity index (χ0) is 18.4. The molecule has 1 aromatic carbocycles. The van der Waals surface area contributed by atoms with Crippen molar-refractivity contribution in [1.29, 1.82) is 0 Å². The van der Waals surface area contributed by atoms with Crippen molar-refractivity contribution in [2.45, 2.75) is 31.5 Å². The van der Waals surface area contributed by atoms with Crippen molar-refractivity contribution in [2.75, 3.05) is 43.4 Å². The molecule has 142 valence electrons. The van der Waals surface area contributed by atoms with E-state index in [1.807, 2.05) is 11.0 Å². The van der Waals surface area contributed by atoms with Crippen LogP contribution >= 0.6 is 0 Å². The molecular weight excluding hydrogens is 356 g/mol. The van der Waals surface area contributed by atoms with Crippen molar-refractivity contribution in [3.8, 4) is 0 Å². The average molecular weight is 380 g/mol. The molecule has 0 unspecified atom stereocenters. The molecule has 1 amide bonds. The first-order valence-corrected chi connectivity index (χ1v) is 10.9. The molecule has 4 rings (SSSR count). The Morgan fingerprint density at radius 1 is 1.12 bits per heavy atom. The third kappa shape index (κ3) is 3.21. The van der Waals surface area contributed by atoms with Crippen molar-refractivity contribution in [2.24, 2.45) is 0 Å². The number of carbonyl (C=O) groups excluding carboxylic acids is 1. The molecule has 7 nitrogen and oxygen atoms in total. The topological polar surface area (TPSA) is 76.2 Å². The number of hydrogen-bond donors (Lipinski definition) is 0. The van der Waals surface area contributed by atoms with Gasteiger partial charge in [-0.05, 0) is 36.6 Å². The third-order valence-corrected chi connectivity index (χ3v) is 6.61. The molecule has 0 saturated carbocycles. The molecule has 8 heteroatoms. The van der Waals surface area contributed by atoms with E-state index in [9.17, 15) is 13.2 Å². The number of carbonyl (C=O) groups is 1. The van der Waals surface area contributed by atoms with Crippen LogP contribution in [0.4, 0.5) is 5.69 Å². The average Bonchev–Trinajstić information content (AvgIpc) is 3.08. The van der Waals surface area contributed by atoms with Crippen LogP contribution in [0, 0.1) is 0 Å². The minimum atomic E-state index is -3.30. The van der Waals surface area contributed by atoms with Gasteiger partial charge in [0, 0.05) is 38.0 Å². The Bertz CT molecular complexity index is 807. The first kappa shape index (κ1) is 17.8. The van der Waals surface area contributed by atoms with Crippen molar-refractivity contribution in [3.63, 3.8) is 0 Å². The van der Waals surface area contributed by atoms with Crippen molar-refractivity contribution in [1.82, 2.24) is 4.90 Å². The van der Waals surface area contributed by atoms with Gasteiger partial charge in [-0.25, -0.2) is 8.42 Å². The first-order chi connectivity index (χ1) is 12.4. The highest BCUT2D eigenvalue weighted by atomic mass is 32.2. The summed E-state index contributed by atoms with van der Waals surface area (Å²) in [6.07, 6.45) is 4.14. The number of sulfonamides is 1. The molecule has 0 bridgehead atoms. The molecule has 3 aliphatic rings. The predicted molar refractivity (Wildman–Crippen MR) is 96.7 cm³/mol. The van der Waals surface area contributed by atoms with E-state index >= 15 is 0 Å². The standard InChI is InChI=1S/C18H24N2O5S/c1-26(22,23)20-8-2-3-14-13-15(4-5-16(14)20)17(21)19-9-6-18(7-10-19)24-11-12-25-18/h4-5,13H,2-3,6-12H2,1H3. The van der Waals surface area contributed by atoms with Gasteiger partial charge in [0.1, 0.15) is 0 Å². The molecule has 26 heavy (non-hydrogen) atoms. The Labute approximate surface area is 153 Å². The summed E-state index contributed by atoms with van der Waals surface area (Å²) < 4.78 is 36.8. The molecule has 1 aromatic rings. The van der Waals surface area contributed by atoms with Gasteiger partial charge in [0.25, 0.3) is 5.91 Å². The molecular formula is C18H24N2O5S. The summed E-state index contributed by atoms with van der Waals surface area (Å²) in [5.41, 5.74) is 2.23. The van der Waals surface area contributed by atoms with Gasteiger partial charge in [-0.3, -0.25) is 9.10 Å². The van der Waals surface area contributed by atoms with E-state index in [0.29, 0.717) is 56.9 Å². The summed E-state index contributed by atoms with van der Waals surface area (Å²) in [6.45, 7) is 2.94. The van der Waals surface area contributed by atoms with E-state index in [1.54, 1.807) is 12.1 Å². The Morgan fingerprint density at radius 3 is 2.46 bits per heavy atom. The van der Waals surface area contributed by atoms with Crippen LogP contribution in [0.25, 0.3) is 0 Å². The maximum atomic E-state index is 12.9. The Kier molecular flexibility index (Phi) is 4.45. The van der Waals surface area contributed by atoms with Crippen LogP contribution < -0.4 is 4.31 Å². The van der Waals surface area contributed by atoms with Crippen LogP contribution in [0.15, 0.2) is 18.2 Å². The summed E-state index contributed by atoms with van der Waals surface area (Å²) in [4.78, 5) is 14.7. The van der Waals surface area contributed by atoms with Crippen molar-refractivity contribution >= 4 is 21.6 Å². The highest BCUT2D eigenvalue weighted by molar-refractivity contribution is 7.92. The number of piperidine rings is 1. The minimum absolute atomic E-state index is 0.0165. The fraction of sp³-hybridized carbons (Fsp3) is 0.611.